The maximum Gasteiger partial charge on any atom is 0.254 e. The Balaban J connectivity index is 2.20. The first-order valence-corrected chi connectivity index (χ1v) is 6.12. The summed E-state index contributed by atoms with van der Waals surface area (Å²) in [5.74, 6) is -0.0345. The van der Waals surface area contributed by atoms with Crippen molar-refractivity contribution in [2.75, 3.05) is 5.32 Å². The quantitative estimate of drug-likeness (QED) is 0.758. The minimum absolute atomic E-state index is 0.296. The lowest BCUT2D eigenvalue weighted by molar-refractivity contribution is 0.100. The van der Waals surface area contributed by atoms with Crippen LogP contribution in [0.5, 0.6) is 0 Å². The number of primary amides is 1. The Labute approximate surface area is 115 Å². The van der Waals surface area contributed by atoms with Gasteiger partial charge in [0.2, 0.25) is 0 Å². The largest absolute Gasteiger partial charge is 0.365 e. The van der Waals surface area contributed by atoms with Crippen molar-refractivity contribution in [3.05, 3.63) is 53.9 Å². The van der Waals surface area contributed by atoms with Gasteiger partial charge in [-0.15, -0.1) is 0 Å². The Morgan fingerprint density at radius 3 is 2.70 bits per heavy atom. The average molecular weight is 267 g/mol. The van der Waals surface area contributed by atoms with Gasteiger partial charge in [-0.1, -0.05) is 18.2 Å². The summed E-state index contributed by atoms with van der Waals surface area (Å²) in [5, 5.41) is 7.41. The lowest BCUT2D eigenvalue weighted by Gasteiger charge is -2.11. The van der Waals surface area contributed by atoms with Gasteiger partial charge in [-0.05, 0) is 19.1 Å². The number of hydrogen-bond donors (Lipinski definition) is 2. The van der Waals surface area contributed by atoms with Crippen molar-refractivity contribution < 1.29 is 4.79 Å². The second kappa shape index (κ2) is 4.65. The Morgan fingerprint density at radius 1 is 1.25 bits per heavy atom. The summed E-state index contributed by atoms with van der Waals surface area (Å²) < 4.78 is 1.59. The highest BCUT2D eigenvalue weighted by atomic mass is 16.1. The van der Waals surface area contributed by atoms with Crippen molar-refractivity contribution in [2.45, 2.75) is 6.92 Å². The topological polar surface area (TPSA) is 85.3 Å². The Hall–Kier alpha value is -2.89. The van der Waals surface area contributed by atoms with Gasteiger partial charge in [0, 0.05) is 17.4 Å². The van der Waals surface area contributed by atoms with Gasteiger partial charge in [-0.25, -0.2) is 4.98 Å². The number of fused-ring (bicyclic) bond motifs is 1. The number of nitrogens with one attached hydrogen (secondary N) is 1. The standard InChI is InChI=1S/C14H13N5O/c1-9-7-17-19-13(9)16-8-11(12(15)20)14(19)18-10-5-3-2-4-6-10/h2-8,18H,1H3,(H2,15,20). The summed E-state index contributed by atoms with van der Waals surface area (Å²) in [6.45, 7) is 1.91. The molecule has 0 radical (unpaired) electrons. The molecule has 2 aromatic heterocycles. The summed E-state index contributed by atoms with van der Waals surface area (Å²) in [6, 6.07) is 9.51. The second-order valence-electron chi connectivity index (χ2n) is 4.44. The van der Waals surface area contributed by atoms with Crippen LogP contribution < -0.4 is 11.1 Å². The molecule has 0 saturated carbocycles. The fraction of sp³-hybridized carbons (Fsp3) is 0.0714. The van der Waals surface area contributed by atoms with Crippen LogP contribution in [0.15, 0.2) is 42.7 Å². The Kier molecular flexibility index (Phi) is 2.83. The van der Waals surface area contributed by atoms with Crippen molar-refractivity contribution in [3.63, 3.8) is 0 Å². The van der Waals surface area contributed by atoms with Crippen molar-refractivity contribution >= 4 is 23.1 Å². The molecule has 0 aliphatic carbocycles. The summed E-state index contributed by atoms with van der Waals surface area (Å²) in [4.78, 5) is 15.8. The first-order valence-electron chi connectivity index (χ1n) is 6.12. The van der Waals surface area contributed by atoms with E-state index < -0.39 is 5.91 Å². The van der Waals surface area contributed by atoms with E-state index in [1.54, 1.807) is 10.7 Å². The monoisotopic (exact) mass is 267 g/mol. The van der Waals surface area contributed by atoms with Gasteiger partial charge in [-0.2, -0.15) is 9.61 Å². The Bertz CT molecular complexity index is 779. The molecule has 6 nitrogen and oxygen atoms in total. The van der Waals surface area contributed by atoms with Crippen LogP contribution in [-0.4, -0.2) is 20.5 Å². The number of amides is 1. The molecule has 0 fully saturated rings. The molecule has 1 aromatic carbocycles. The van der Waals surface area contributed by atoms with Crippen molar-refractivity contribution in [3.8, 4) is 0 Å². The first kappa shape index (κ1) is 12.2. The highest BCUT2D eigenvalue weighted by molar-refractivity contribution is 5.98. The number of nitrogens with zero attached hydrogens (tertiary/aromatic N) is 3. The normalized spacial score (nSPS) is 10.7. The molecule has 2 heterocycles. The summed E-state index contributed by atoms with van der Waals surface area (Å²) in [7, 11) is 0. The van der Waals surface area contributed by atoms with Gasteiger partial charge in [0.15, 0.2) is 5.65 Å². The number of hydrogen-bond acceptors (Lipinski definition) is 4. The van der Waals surface area contributed by atoms with Gasteiger partial charge in [0.05, 0.1) is 6.20 Å². The van der Waals surface area contributed by atoms with Crippen LogP contribution in [0, 0.1) is 6.92 Å². The van der Waals surface area contributed by atoms with Crippen LogP contribution in [0.1, 0.15) is 15.9 Å². The third kappa shape index (κ3) is 1.97. The van der Waals surface area contributed by atoms with E-state index in [1.807, 2.05) is 37.3 Å². The molecule has 100 valence electrons. The zero-order chi connectivity index (χ0) is 14.1. The molecular weight excluding hydrogens is 254 g/mol. The molecular formula is C14H13N5O. The van der Waals surface area contributed by atoms with E-state index in [0.29, 0.717) is 17.0 Å². The van der Waals surface area contributed by atoms with Crippen LogP contribution >= 0.6 is 0 Å². The fourth-order valence-electron chi connectivity index (χ4n) is 2.00. The molecule has 0 aliphatic rings. The Morgan fingerprint density at radius 2 is 2.00 bits per heavy atom. The summed E-state index contributed by atoms with van der Waals surface area (Å²) in [6.07, 6.45) is 3.17. The second-order valence-corrected chi connectivity index (χ2v) is 4.44. The van der Waals surface area contributed by atoms with Crippen LogP contribution in [0.3, 0.4) is 0 Å². The van der Waals surface area contributed by atoms with E-state index in [0.717, 1.165) is 11.3 Å². The number of carbonyl (C=O) groups excluding carboxylic acids is 1. The van der Waals surface area contributed by atoms with Gasteiger partial charge in [-0.3, -0.25) is 4.79 Å². The van der Waals surface area contributed by atoms with Gasteiger partial charge in [0.25, 0.3) is 5.91 Å². The van der Waals surface area contributed by atoms with Crippen LogP contribution in [0.4, 0.5) is 11.5 Å². The zero-order valence-corrected chi connectivity index (χ0v) is 10.9. The number of aromatic nitrogens is 3. The van der Waals surface area contributed by atoms with Gasteiger partial charge >= 0.3 is 0 Å². The molecule has 0 bridgehead atoms. The van der Waals surface area contributed by atoms with E-state index in [2.05, 4.69) is 15.4 Å². The number of rotatable bonds is 3. The number of para-hydroxylation sites is 1. The number of benzene rings is 1. The van der Waals surface area contributed by atoms with Gasteiger partial charge in [0.1, 0.15) is 11.4 Å². The van der Waals surface area contributed by atoms with Crippen molar-refractivity contribution in [1.29, 1.82) is 0 Å². The van der Waals surface area contributed by atoms with Crippen LogP contribution in [0.2, 0.25) is 0 Å². The highest BCUT2D eigenvalue weighted by Crippen LogP contribution is 2.22. The van der Waals surface area contributed by atoms with Gasteiger partial charge < -0.3 is 11.1 Å². The predicted molar refractivity (Wildman–Crippen MR) is 76.0 cm³/mol. The lowest BCUT2D eigenvalue weighted by atomic mass is 10.2. The zero-order valence-electron chi connectivity index (χ0n) is 10.9. The summed E-state index contributed by atoms with van der Waals surface area (Å²) >= 11 is 0. The first-order chi connectivity index (χ1) is 9.66. The molecule has 6 heteroatoms. The molecule has 20 heavy (non-hydrogen) atoms. The van der Waals surface area contributed by atoms with E-state index in [-0.39, 0.29) is 0 Å². The van der Waals surface area contributed by atoms with Crippen molar-refractivity contribution in [1.82, 2.24) is 14.6 Å². The average Bonchev–Trinajstić information content (AvgIpc) is 2.82. The summed E-state index contributed by atoms with van der Waals surface area (Å²) in [5.41, 5.74) is 8.16. The molecule has 0 aliphatic heterocycles. The predicted octanol–water partition coefficient (Wildman–Crippen LogP) is 1.88. The van der Waals surface area contributed by atoms with Crippen molar-refractivity contribution in [2.24, 2.45) is 5.73 Å². The van der Waals surface area contributed by atoms with Crippen LogP contribution in [-0.2, 0) is 0 Å². The molecule has 3 N–H and O–H groups in total. The number of nitrogens with two attached hydrogens (primary N) is 1. The fourth-order valence-corrected chi connectivity index (χ4v) is 2.00. The maximum absolute atomic E-state index is 11.6. The van der Waals surface area contributed by atoms with E-state index in [4.69, 9.17) is 5.73 Å². The molecule has 0 atom stereocenters. The molecule has 0 saturated heterocycles. The minimum atomic E-state index is -0.550. The molecule has 1 amide bonds. The smallest absolute Gasteiger partial charge is 0.254 e. The number of aryl methyl sites for hydroxylation is 1. The highest BCUT2D eigenvalue weighted by Gasteiger charge is 2.15. The van der Waals surface area contributed by atoms with E-state index in [1.165, 1.54) is 6.20 Å². The SMILES string of the molecule is Cc1cnn2c(Nc3ccccc3)c(C(N)=O)cnc12. The maximum atomic E-state index is 11.6. The molecule has 3 rings (SSSR count). The number of carbonyl (C=O) groups is 1. The third-order valence-corrected chi connectivity index (χ3v) is 3.01. The third-order valence-electron chi connectivity index (χ3n) is 3.01. The van der Waals surface area contributed by atoms with Crippen LogP contribution in [0.25, 0.3) is 5.65 Å². The minimum Gasteiger partial charge on any atom is -0.365 e. The molecule has 3 aromatic rings. The van der Waals surface area contributed by atoms with E-state index >= 15 is 0 Å². The van der Waals surface area contributed by atoms with E-state index in [9.17, 15) is 4.79 Å². The molecule has 0 spiro atoms. The number of anilines is 2. The molecule has 0 unspecified atom stereocenters. The lowest BCUT2D eigenvalue weighted by Crippen LogP contribution is -2.16.